The molecule has 10 nitrogen and oxygen atoms in total. The number of hydrogen-bond donors (Lipinski definition) is 0. The van der Waals surface area contributed by atoms with Crippen LogP contribution in [0.5, 0.6) is 23.0 Å². The topological polar surface area (TPSA) is 165 Å². The summed E-state index contributed by atoms with van der Waals surface area (Å²) < 4.78 is 18.9. The maximum atomic E-state index is 14.4. The fourth-order valence-electron chi connectivity index (χ4n) is 15.1. The van der Waals surface area contributed by atoms with E-state index in [4.69, 9.17) is 19.4 Å². The quantitative estimate of drug-likeness (QED) is 0.109. The molecule has 2 fully saturated rings. The fraction of sp³-hybridized carbons (Fsp3) is 0.333. The molecule has 17 rings (SSSR count). The van der Waals surface area contributed by atoms with Crippen LogP contribution in [0.25, 0.3) is 97.4 Å². The Morgan fingerprint density at radius 1 is 0.236 bits per heavy atom. The number of nitrogens with zero attached hydrogens (tertiary/aromatic N) is 4. The Kier molecular flexibility index (Phi) is 51.2. The molecule has 0 amide bonds. The molecule has 2 aromatic heterocycles. The zero-order valence-corrected chi connectivity index (χ0v) is 101. The molecule has 2 aliphatic rings. The molecule has 0 aliphatic carbocycles. The van der Waals surface area contributed by atoms with Crippen LogP contribution in [0.3, 0.4) is 0 Å². The first kappa shape index (κ1) is 122. The van der Waals surface area contributed by atoms with Gasteiger partial charge in [-0.2, -0.15) is 0 Å². The summed E-state index contributed by atoms with van der Waals surface area (Å²) in [5.41, 5.74) is 5.01. The van der Waals surface area contributed by atoms with Gasteiger partial charge in [0.25, 0.3) is 0 Å². The fourth-order valence-corrected chi connectivity index (χ4v) is 30.3. The maximum absolute atomic E-state index is 14.4. The van der Waals surface area contributed by atoms with Gasteiger partial charge in [0, 0.05) is 26.4 Å². The van der Waals surface area contributed by atoms with Crippen LogP contribution in [0.4, 0.5) is 0 Å². The Morgan fingerprint density at radius 2 is 0.386 bits per heavy atom. The first-order chi connectivity index (χ1) is 65.2. The van der Waals surface area contributed by atoms with Crippen molar-refractivity contribution in [2.24, 2.45) is 0 Å². The Labute approximate surface area is 892 Å². The van der Waals surface area contributed by atoms with Crippen LogP contribution in [-0.2, 0) is 61.2 Å². The van der Waals surface area contributed by atoms with E-state index in [1.165, 1.54) is 25.7 Å². The van der Waals surface area contributed by atoms with Crippen LogP contribution >= 0.6 is 0 Å². The summed E-state index contributed by atoms with van der Waals surface area (Å²) in [6.45, 7) is 66.9. The van der Waals surface area contributed by atoms with Gasteiger partial charge in [0.2, 0.25) is 0 Å². The molecule has 0 spiro atoms. The molecule has 4 heterocycles. The monoisotopic (exact) mass is 2060 g/mol. The van der Waals surface area contributed by atoms with Crippen molar-refractivity contribution in [3.8, 4) is 68.0 Å². The molecule has 0 bridgehead atoms. The summed E-state index contributed by atoms with van der Waals surface area (Å²) in [7, 11) is -9.70. The van der Waals surface area contributed by atoms with E-state index in [2.05, 4.69) is 246 Å². The first-order valence-corrected chi connectivity index (χ1v) is 70.7. The largest absolute Gasteiger partial charge is 3.00 e. The van der Waals surface area contributed by atoms with Crippen LogP contribution in [0.15, 0.2) is 340 Å². The van der Waals surface area contributed by atoms with Crippen LogP contribution in [-0.4, -0.2) is 105 Å². The summed E-state index contributed by atoms with van der Waals surface area (Å²) >= 11 is 0. The normalized spacial score (nSPS) is 12.5. The zero-order valence-electron chi connectivity index (χ0n) is 89.4. The third-order valence-electron chi connectivity index (χ3n) is 26.6. The van der Waals surface area contributed by atoms with Gasteiger partial charge in [-0.1, -0.05) is 583 Å². The number of hydrogen-bond acceptors (Lipinski definition) is 8. The Bertz CT molecular complexity index is 5210. The van der Waals surface area contributed by atoms with E-state index < -0.39 is 32.3 Å². The Hall–Kier alpha value is -8.28. The van der Waals surface area contributed by atoms with E-state index in [9.17, 15) is 20.4 Å². The maximum Gasteiger partial charge on any atom is 3.00 e. The van der Waals surface area contributed by atoms with Gasteiger partial charge in [0.05, 0.1) is 55.1 Å². The van der Waals surface area contributed by atoms with E-state index >= 15 is 0 Å². The minimum Gasteiger partial charge on any atom is -0.872 e. The van der Waals surface area contributed by atoms with Crippen LogP contribution in [0.1, 0.15) is 109 Å². The molecule has 13 aromatic carbocycles. The number of fused-ring (bicyclic) bond motifs is 4. The van der Waals surface area contributed by atoms with Crippen molar-refractivity contribution < 1.29 is 81.6 Å². The molecule has 140 heavy (non-hydrogen) atoms. The van der Waals surface area contributed by atoms with Crippen molar-refractivity contribution in [1.29, 1.82) is 0 Å². The summed E-state index contributed by atoms with van der Waals surface area (Å²) in [6, 6.07) is 112. The van der Waals surface area contributed by atoms with Crippen molar-refractivity contribution >= 4 is 132 Å². The molecule has 15 aromatic rings. The van der Waals surface area contributed by atoms with Gasteiger partial charge >= 0.3 is 51.7 Å². The van der Waals surface area contributed by atoms with Crippen LogP contribution in [0.2, 0.25) is 125 Å². The van der Waals surface area contributed by atoms with Gasteiger partial charge in [0.15, 0.2) is 0 Å². The van der Waals surface area contributed by atoms with E-state index in [-0.39, 0.29) is 131 Å². The number of ether oxygens (including phenoxy) is 2. The summed E-state index contributed by atoms with van der Waals surface area (Å²) in [5.74, 6) is 0.249. The van der Waals surface area contributed by atoms with Gasteiger partial charge in [-0.15, -0.1) is 0 Å². The number of aromatic nitrogens is 2. The second-order valence-electron chi connectivity index (χ2n) is 42.1. The third-order valence-corrected chi connectivity index (χ3v) is 55.6. The van der Waals surface area contributed by atoms with Gasteiger partial charge in [0.1, 0.15) is 0 Å². The second kappa shape index (κ2) is 58.6. The SMILES string of the molecule is C1CCOC1.C1CCOC1.CC(C)(C)[Si](C)(C)c1cc2ccccc2c(-c2cccc(-c3c([O-])c([Si](C)(C)C(C)(C)C)cc4ccccc34)n2)c1[O-].CC(C)(C)[Si](C)(C)c1cc2ccccc2c(-c2cccc(-c3c([O-])c([Si](C)(C)C(C)(C)C)cc4ccccc34)n2)c1[O-].C[Si](C)[N-][Si](C)C.C[Si](C)[N-][Si](C)C.[Sc+3].[Sc+3].c1ccccc1.c1ccccc1.c1ccccc1.c1ccccc1.c1ccccc1. The Morgan fingerprint density at radius 3 is 0.507 bits per heavy atom. The van der Waals surface area contributed by atoms with Gasteiger partial charge in [-0.3, -0.25) is 0 Å². The van der Waals surface area contributed by atoms with E-state index in [1.807, 2.05) is 291 Å². The summed E-state index contributed by atoms with van der Waals surface area (Å²) in [4.78, 5) is 10.3. The number of rotatable bonds is 12. The summed E-state index contributed by atoms with van der Waals surface area (Å²) in [6.07, 6.45) is 5.11. The number of pyridine rings is 2. The molecule has 4 radical (unpaired) electrons. The minimum absolute atomic E-state index is 0. The predicted octanol–water partition coefficient (Wildman–Crippen LogP) is 30.3. The minimum atomic E-state index is -2.16. The van der Waals surface area contributed by atoms with Crippen molar-refractivity contribution in [3.05, 3.63) is 349 Å². The van der Waals surface area contributed by atoms with Gasteiger partial charge < -0.3 is 39.2 Å². The molecule has 0 saturated carbocycles. The predicted molar refractivity (Wildman–Crippen MR) is 614 cm³/mol. The van der Waals surface area contributed by atoms with Crippen LogP contribution in [0, 0.1) is 0 Å². The van der Waals surface area contributed by atoms with E-state index in [1.54, 1.807) is 0 Å². The first-order valence-electron chi connectivity index (χ1n) is 48.9. The molecule has 2 aliphatic heterocycles. The third kappa shape index (κ3) is 36.2. The zero-order chi connectivity index (χ0) is 102. The van der Waals surface area contributed by atoms with E-state index in [0.717, 1.165) is 90.3 Å². The smallest absolute Gasteiger partial charge is 0.872 e. The molecule has 0 N–H and O–H groups in total. The standard InChI is InChI=1S/2C37H45NO2Si2.5C6H6.2C4H12NSi2.2C4H8O.2Sc/c2*1-36(2,3)41(7,8)30-22-24-16-11-13-18-26(24)32(34(30)39)28-20-15-21-29(38-28)33-27-19-14-12-17-25(27)23-31(35(33)40)42(9,10)37(4,5)6;5*1-2-4-6-5-3-1;2*1-6(2)5-7(3)4;2*1-2-4-5-3-1;;/h2*11-23,39-40H,1-10H3;5*1-6H;2*1-4H3;2*1-4H2;;/q;;;;;;;2*-1;;;2*+3/p-4. The van der Waals surface area contributed by atoms with Gasteiger partial charge in [-0.25, -0.2) is 9.97 Å². The van der Waals surface area contributed by atoms with Crippen molar-refractivity contribution in [2.75, 3.05) is 26.4 Å². The molecule has 20 heteroatoms. The Balaban J connectivity index is 0.000000318. The van der Waals surface area contributed by atoms with Gasteiger partial charge in [-0.05, 0) is 135 Å². The average molecular weight is 2070 g/mol. The second-order valence-corrected chi connectivity index (χ2v) is 72.7. The molecular formula is C120H156N4O6Sc2Si8. The summed E-state index contributed by atoms with van der Waals surface area (Å²) in [5, 5.41) is 69.2. The molecular weight excluding hydrogens is 1910 g/mol. The molecule has 730 valence electrons. The average Bonchev–Trinajstić information content (AvgIpc) is 1.12. The molecule has 0 unspecified atom stereocenters. The molecule has 0 atom stereocenters. The van der Waals surface area contributed by atoms with E-state index in [0.29, 0.717) is 45.0 Å². The van der Waals surface area contributed by atoms with Crippen molar-refractivity contribution in [3.63, 3.8) is 0 Å². The van der Waals surface area contributed by atoms with Crippen molar-refractivity contribution in [1.82, 2.24) is 9.97 Å². The van der Waals surface area contributed by atoms with Crippen LogP contribution < -0.4 is 41.2 Å². The number of benzene rings is 13. The molecule has 2 saturated heterocycles. The van der Waals surface area contributed by atoms with Crippen molar-refractivity contribution in [2.45, 2.75) is 234 Å².